The largest absolute Gasteiger partial charge is 0.346 e. The predicted molar refractivity (Wildman–Crippen MR) is 79.9 cm³/mol. The molecule has 0 aromatic heterocycles. The molecule has 3 rings (SSSR count). The second kappa shape index (κ2) is 6.00. The number of benzene rings is 1. The molecule has 1 aromatic carbocycles. The number of hydrogen-bond acceptors (Lipinski definition) is 5. The number of halogens is 1. The summed E-state index contributed by atoms with van der Waals surface area (Å²) >= 11 is 3.28. The van der Waals surface area contributed by atoms with Gasteiger partial charge in [-0.2, -0.15) is 0 Å². The molecule has 0 amide bonds. The van der Waals surface area contributed by atoms with Crippen LogP contribution >= 0.6 is 15.9 Å². The van der Waals surface area contributed by atoms with Gasteiger partial charge in [0.15, 0.2) is 5.79 Å². The van der Waals surface area contributed by atoms with E-state index in [1.165, 1.54) is 0 Å². The molecule has 0 unspecified atom stereocenters. The third-order valence-corrected chi connectivity index (χ3v) is 4.44. The smallest absolute Gasteiger partial charge is 0.275 e. The Kier molecular flexibility index (Phi) is 4.26. The second-order valence-corrected chi connectivity index (χ2v) is 6.37. The van der Waals surface area contributed by atoms with E-state index in [0.29, 0.717) is 26.3 Å². The van der Waals surface area contributed by atoms with Gasteiger partial charge in [0.05, 0.1) is 24.7 Å². The zero-order valence-corrected chi connectivity index (χ0v) is 13.2. The van der Waals surface area contributed by atoms with Gasteiger partial charge in [0.2, 0.25) is 0 Å². The van der Waals surface area contributed by atoms with E-state index in [4.69, 9.17) is 9.47 Å². The first-order chi connectivity index (χ1) is 10.1. The average Bonchev–Trinajstić information content (AvgIpc) is 2.88. The van der Waals surface area contributed by atoms with Crippen LogP contribution in [0.4, 0.5) is 5.69 Å². The van der Waals surface area contributed by atoms with E-state index in [1.54, 1.807) is 12.1 Å². The molecular formula is C14H17BrN2O4. The second-order valence-electron chi connectivity index (χ2n) is 5.45. The van der Waals surface area contributed by atoms with Crippen molar-refractivity contribution in [1.82, 2.24) is 4.90 Å². The molecule has 2 heterocycles. The molecule has 0 aliphatic carbocycles. The van der Waals surface area contributed by atoms with E-state index in [9.17, 15) is 10.1 Å². The molecule has 21 heavy (non-hydrogen) atoms. The Morgan fingerprint density at radius 1 is 1.38 bits per heavy atom. The molecule has 1 spiro atoms. The maximum Gasteiger partial charge on any atom is 0.275 e. The van der Waals surface area contributed by atoms with Gasteiger partial charge in [-0.05, 0) is 25.1 Å². The molecule has 7 heteroatoms. The lowest BCUT2D eigenvalue weighted by molar-refractivity contribution is -0.385. The van der Waals surface area contributed by atoms with Crippen LogP contribution in [0.3, 0.4) is 0 Å². The van der Waals surface area contributed by atoms with Crippen molar-refractivity contribution in [2.75, 3.05) is 26.3 Å². The number of nitro groups is 1. The van der Waals surface area contributed by atoms with E-state index in [0.717, 1.165) is 29.4 Å². The molecule has 2 aliphatic rings. The van der Waals surface area contributed by atoms with Crippen molar-refractivity contribution in [3.05, 3.63) is 38.3 Å². The first kappa shape index (κ1) is 14.9. The summed E-state index contributed by atoms with van der Waals surface area (Å²) in [4.78, 5) is 13.0. The van der Waals surface area contributed by atoms with E-state index < -0.39 is 5.79 Å². The van der Waals surface area contributed by atoms with Gasteiger partial charge in [0.1, 0.15) is 0 Å². The van der Waals surface area contributed by atoms with Gasteiger partial charge in [-0.15, -0.1) is 0 Å². The Bertz CT molecular complexity index is 546. The number of likely N-dealkylation sites (tertiary alicyclic amines) is 1. The van der Waals surface area contributed by atoms with Crippen LogP contribution in [0.5, 0.6) is 0 Å². The van der Waals surface area contributed by atoms with Gasteiger partial charge >= 0.3 is 0 Å². The lowest BCUT2D eigenvalue weighted by Gasteiger charge is -2.38. The molecule has 0 atom stereocenters. The van der Waals surface area contributed by atoms with Crippen molar-refractivity contribution in [2.45, 2.75) is 25.2 Å². The maximum atomic E-state index is 11.2. The van der Waals surface area contributed by atoms with E-state index >= 15 is 0 Å². The maximum absolute atomic E-state index is 11.2. The van der Waals surface area contributed by atoms with E-state index in [1.807, 2.05) is 6.07 Å². The van der Waals surface area contributed by atoms with Crippen molar-refractivity contribution in [3.63, 3.8) is 0 Å². The molecular weight excluding hydrogens is 340 g/mol. The standard InChI is InChI=1S/C14H17BrN2O4/c15-12-3-2-11(13(8-12)17(18)19)9-16-5-1-4-14(10-16)20-6-7-21-14/h2-3,8H,1,4-7,9-10H2. The first-order valence-corrected chi connectivity index (χ1v) is 7.80. The summed E-state index contributed by atoms with van der Waals surface area (Å²) in [7, 11) is 0. The normalized spacial score (nSPS) is 21.8. The van der Waals surface area contributed by atoms with Gasteiger partial charge in [-0.25, -0.2) is 0 Å². The first-order valence-electron chi connectivity index (χ1n) is 7.01. The SMILES string of the molecule is O=[N+]([O-])c1cc(Br)ccc1CN1CCCC2(C1)OCCO2. The molecule has 0 saturated carbocycles. The minimum Gasteiger partial charge on any atom is -0.346 e. The monoisotopic (exact) mass is 356 g/mol. The number of nitrogens with zero attached hydrogens (tertiary/aromatic N) is 2. The Morgan fingerprint density at radius 2 is 2.14 bits per heavy atom. The highest BCUT2D eigenvalue weighted by Gasteiger charge is 2.40. The lowest BCUT2D eigenvalue weighted by atomic mass is 10.0. The average molecular weight is 357 g/mol. The third kappa shape index (κ3) is 3.26. The van der Waals surface area contributed by atoms with Crippen LogP contribution in [0.2, 0.25) is 0 Å². The molecule has 6 nitrogen and oxygen atoms in total. The summed E-state index contributed by atoms with van der Waals surface area (Å²) < 4.78 is 12.2. The van der Waals surface area contributed by atoms with Crippen LogP contribution in [0.25, 0.3) is 0 Å². The highest BCUT2D eigenvalue weighted by Crippen LogP contribution is 2.32. The van der Waals surface area contributed by atoms with Crippen molar-refractivity contribution < 1.29 is 14.4 Å². The van der Waals surface area contributed by atoms with Crippen molar-refractivity contribution in [2.24, 2.45) is 0 Å². The fraction of sp³-hybridized carbons (Fsp3) is 0.571. The zero-order valence-electron chi connectivity index (χ0n) is 11.6. The molecule has 114 valence electrons. The van der Waals surface area contributed by atoms with Crippen LogP contribution in [0.15, 0.2) is 22.7 Å². The third-order valence-electron chi connectivity index (χ3n) is 3.95. The van der Waals surface area contributed by atoms with Gasteiger partial charge in [0, 0.05) is 29.1 Å². The van der Waals surface area contributed by atoms with Gasteiger partial charge in [-0.1, -0.05) is 15.9 Å². The molecule has 2 aliphatic heterocycles. The van der Waals surface area contributed by atoms with Crippen LogP contribution in [-0.4, -0.2) is 41.9 Å². The van der Waals surface area contributed by atoms with Gasteiger partial charge in [-0.3, -0.25) is 15.0 Å². The van der Waals surface area contributed by atoms with E-state index in [2.05, 4.69) is 20.8 Å². The van der Waals surface area contributed by atoms with Crippen LogP contribution < -0.4 is 0 Å². The highest BCUT2D eigenvalue weighted by atomic mass is 79.9. The van der Waals surface area contributed by atoms with Crippen LogP contribution in [-0.2, 0) is 16.0 Å². The van der Waals surface area contributed by atoms with Gasteiger partial charge < -0.3 is 9.47 Å². The summed E-state index contributed by atoms with van der Waals surface area (Å²) in [5, 5.41) is 11.2. The molecule has 0 N–H and O–H groups in total. The molecule has 0 radical (unpaired) electrons. The Labute approximate surface area is 131 Å². The quantitative estimate of drug-likeness (QED) is 0.615. The van der Waals surface area contributed by atoms with Crippen LogP contribution in [0.1, 0.15) is 18.4 Å². The number of ether oxygens (including phenoxy) is 2. The Balaban J connectivity index is 1.75. The summed E-state index contributed by atoms with van der Waals surface area (Å²) in [5.41, 5.74) is 0.871. The van der Waals surface area contributed by atoms with Gasteiger partial charge in [0.25, 0.3) is 5.69 Å². The highest BCUT2D eigenvalue weighted by molar-refractivity contribution is 9.10. The lowest BCUT2D eigenvalue weighted by Crippen LogP contribution is -2.48. The zero-order chi connectivity index (χ0) is 14.9. The number of nitro benzene ring substituents is 1. The van der Waals surface area contributed by atoms with Crippen molar-refractivity contribution in [1.29, 1.82) is 0 Å². The van der Waals surface area contributed by atoms with Crippen molar-refractivity contribution >= 4 is 21.6 Å². The number of rotatable bonds is 3. The molecule has 2 fully saturated rings. The molecule has 1 aromatic rings. The van der Waals surface area contributed by atoms with Crippen LogP contribution in [0, 0.1) is 10.1 Å². The van der Waals surface area contributed by atoms with E-state index in [-0.39, 0.29) is 10.6 Å². The molecule has 2 saturated heterocycles. The number of hydrogen-bond donors (Lipinski definition) is 0. The molecule has 0 bridgehead atoms. The fourth-order valence-corrected chi connectivity index (χ4v) is 3.37. The summed E-state index contributed by atoms with van der Waals surface area (Å²) in [5.74, 6) is -0.498. The summed E-state index contributed by atoms with van der Waals surface area (Å²) in [6.07, 6.45) is 1.87. The summed E-state index contributed by atoms with van der Waals surface area (Å²) in [6, 6.07) is 5.20. The Morgan fingerprint density at radius 3 is 2.86 bits per heavy atom. The fourth-order valence-electron chi connectivity index (χ4n) is 3.02. The van der Waals surface area contributed by atoms with Crippen molar-refractivity contribution in [3.8, 4) is 0 Å². The summed E-state index contributed by atoms with van der Waals surface area (Å²) in [6.45, 7) is 3.37. The minimum atomic E-state index is -0.498. The number of piperidine rings is 1. The topological polar surface area (TPSA) is 64.8 Å². The Hall–Kier alpha value is -1.02. The predicted octanol–water partition coefficient (Wildman–Crippen LogP) is 2.70. The minimum absolute atomic E-state index is 0.150.